The first-order valence-electron chi connectivity index (χ1n) is 8.29. The Hall–Kier alpha value is -0.650. The normalized spacial score (nSPS) is 34.3. The Balaban J connectivity index is 2.01. The lowest BCUT2D eigenvalue weighted by Gasteiger charge is -2.42. The summed E-state index contributed by atoms with van der Waals surface area (Å²) in [5, 5.41) is 3.28. The van der Waals surface area contributed by atoms with Crippen molar-refractivity contribution in [2.24, 2.45) is 0 Å². The first-order chi connectivity index (χ1) is 10.0. The van der Waals surface area contributed by atoms with E-state index in [0.717, 1.165) is 32.4 Å². The molecule has 1 saturated carbocycles. The Morgan fingerprint density at radius 2 is 2.19 bits per heavy atom. The highest BCUT2D eigenvalue weighted by atomic mass is 16.5. The van der Waals surface area contributed by atoms with Gasteiger partial charge < -0.3 is 15.0 Å². The average Bonchev–Trinajstić information content (AvgIpc) is 2.97. The van der Waals surface area contributed by atoms with Crippen LogP contribution in [-0.4, -0.2) is 74.2 Å². The zero-order valence-corrected chi connectivity index (χ0v) is 14.0. The molecule has 3 atom stereocenters. The molecule has 3 unspecified atom stereocenters. The van der Waals surface area contributed by atoms with Crippen molar-refractivity contribution in [3.05, 3.63) is 0 Å². The lowest BCUT2D eigenvalue weighted by Crippen LogP contribution is -2.57. The Bertz CT molecular complexity index is 361. The van der Waals surface area contributed by atoms with E-state index in [-0.39, 0.29) is 5.97 Å². The minimum Gasteiger partial charge on any atom is -0.465 e. The van der Waals surface area contributed by atoms with Crippen LogP contribution in [0.2, 0.25) is 0 Å². The average molecular weight is 297 g/mol. The first-order valence-corrected chi connectivity index (χ1v) is 8.29. The Labute approximate surface area is 129 Å². The second-order valence-corrected chi connectivity index (χ2v) is 6.70. The van der Waals surface area contributed by atoms with Crippen LogP contribution in [0.3, 0.4) is 0 Å². The molecule has 1 saturated heterocycles. The molecule has 122 valence electrons. The van der Waals surface area contributed by atoms with Gasteiger partial charge in [-0.25, -0.2) is 0 Å². The molecule has 5 nitrogen and oxygen atoms in total. The molecule has 0 spiro atoms. The van der Waals surface area contributed by atoms with Crippen molar-refractivity contribution >= 4 is 5.97 Å². The highest BCUT2D eigenvalue weighted by molar-refractivity contribution is 5.81. The SMILES string of the molecule is CCOC(=O)C1(NC)CCCC(N2CCC(N(C)C)C2)C1. The predicted molar refractivity (Wildman–Crippen MR) is 84.3 cm³/mol. The molecule has 21 heavy (non-hydrogen) atoms. The fourth-order valence-electron chi connectivity index (χ4n) is 3.86. The maximum Gasteiger partial charge on any atom is 0.326 e. The van der Waals surface area contributed by atoms with Gasteiger partial charge in [0.2, 0.25) is 0 Å². The largest absolute Gasteiger partial charge is 0.465 e. The van der Waals surface area contributed by atoms with E-state index in [1.165, 1.54) is 12.8 Å². The van der Waals surface area contributed by atoms with E-state index >= 15 is 0 Å². The molecule has 1 heterocycles. The molecule has 2 aliphatic rings. The van der Waals surface area contributed by atoms with Gasteiger partial charge in [-0.05, 0) is 60.2 Å². The van der Waals surface area contributed by atoms with E-state index in [0.29, 0.717) is 18.7 Å². The summed E-state index contributed by atoms with van der Waals surface area (Å²) in [7, 11) is 6.21. The van der Waals surface area contributed by atoms with Crippen molar-refractivity contribution in [2.75, 3.05) is 40.8 Å². The molecule has 2 fully saturated rings. The number of hydrogen-bond acceptors (Lipinski definition) is 5. The molecule has 0 amide bonds. The van der Waals surface area contributed by atoms with E-state index < -0.39 is 5.54 Å². The molecule has 1 aliphatic carbocycles. The summed E-state index contributed by atoms with van der Waals surface area (Å²) >= 11 is 0. The molecule has 0 aromatic carbocycles. The summed E-state index contributed by atoms with van der Waals surface area (Å²) in [6.45, 7) is 4.61. The standard InChI is InChI=1S/C16H31N3O2/c1-5-21-15(20)16(17-2)9-6-7-13(11-16)19-10-8-14(12-19)18(3)4/h13-14,17H,5-12H2,1-4H3. The second-order valence-electron chi connectivity index (χ2n) is 6.70. The van der Waals surface area contributed by atoms with Gasteiger partial charge >= 0.3 is 5.97 Å². The number of likely N-dealkylation sites (N-methyl/N-ethyl adjacent to an activating group) is 2. The first kappa shape index (κ1) is 16.7. The van der Waals surface area contributed by atoms with Crippen LogP contribution in [-0.2, 0) is 9.53 Å². The zero-order chi connectivity index (χ0) is 15.5. The summed E-state index contributed by atoms with van der Waals surface area (Å²) in [5.41, 5.74) is -0.477. The molecule has 0 radical (unpaired) electrons. The minimum absolute atomic E-state index is 0.0689. The summed E-state index contributed by atoms with van der Waals surface area (Å²) in [6, 6.07) is 1.15. The Morgan fingerprint density at radius 3 is 2.76 bits per heavy atom. The zero-order valence-electron chi connectivity index (χ0n) is 14.0. The maximum atomic E-state index is 12.4. The molecule has 5 heteroatoms. The summed E-state index contributed by atoms with van der Waals surface area (Å²) < 4.78 is 5.32. The van der Waals surface area contributed by atoms with E-state index in [9.17, 15) is 4.79 Å². The number of carbonyl (C=O) groups excluding carboxylic acids is 1. The van der Waals surface area contributed by atoms with Gasteiger partial charge in [-0.2, -0.15) is 0 Å². The molecule has 1 aliphatic heterocycles. The van der Waals surface area contributed by atoms with E-state index in [2.05, 4.69) is 29.2 Å². The molecule has 2 rings (SSSR count). The van der Waals surface area contributed by atoms with Crippen LogP contribution >= 0.6 is 0 Å². The third-order valence-corrected chi connectivity index (χ3v) is 5.31. The van der Waals surface area contributed by atoms with Crippen molar-refractivity contribution in [3.8, 4) is 0 Å². The highest BCUT2D eigenvalue weighted by Gasteiger charge is 2.45. The number of likely N-dealkylation sites (tertiary alicyclic amines) is 1. The summed E-state index contributed by atoms with van der Waals surface area (Å²) in [4.78, 5) is 17.3. The van der Waals surface area contributed by atoms with Crippen molar-refractivity contribution in [1.82, 2.24) is 15.1 Å². The van der Waals surface area contributed by atoms with Crippen molar-refractivity contribution in [3.63, 3.8) is 0 Å². The van der Waals surface area contributed by atoms with Gasteiger partial charge in [0.25, 0.3) is 0 Å². The van der Waals surface area contributed by atoms with Crippen molar-refractivity contribution < 1.29 is 9.53 Å². The predicted octanol–water partition coefficient (Wildman–Crippen LogP) is 1.09. The monoisotopic (exact) mass is 297 g/mol. The number of rotatable bonds is 5. The highest BCUT2D eigenvalue weighted by Crippen LogP contribution is 2.34. The third-order valence-electron chi connectivity index (χ3n) is 5.31. The van der Waals surface area contributed by atoms with Crippen LogP contribution < -0.4 is 5.32 Å². The van der Waals surface area contributed by atoms with E-state index in [1.54, 1.807) is 0 Å². The van der Waals surface area contributed by atoms with Crippen LogP contribution in [0.25, 0.3) is 0 Å². The van der Waals surface area contributed by atoms with Gasteiger partial charge in [0.05, 0.1) is 6.61 Å². The van der Waals surface area contributed by atoms with Crippen LogP contribution in [0.5, 0.6) is 0 Å². The van der Waals surface area contributed by atoms with Gasteiger partial charge in [-0.3, -0.25) is 9.69 Å². The van der Waals surface area contributed by atoms with E-state index in [4.69, 9.17) is 4.74 Å². The van der Waals surface area contributed by atoms with Crippen molar-refractivity contribution in [2.45, 2.75) is 56.7 Å². The number of ether oxygens (including phenoxy) is 1. The lowest BCUT2D eigenvalue weighted by molar-refractivity contribution is -0.153. The smallest absolute Gasteiger partial charge is 0.326 e. The second kappa shape index (κ2) is 7.07. The molecule has 0 aromatic rings. The van der Waals surface area contributed by atoms with Gasteiger partial charge in [0, 0.05) is 25.2 Å². The van der Waals surface area contributed by atoms with Crippen LogP contribution in [0, 0.1) is 0 Å². The number of nitrogens with one attached hydrogen (secondary N) is 1. The maximum absolute atomic E-state index is 12.4. The lowest BCUT2D eigenvalue weighted by atomic mass is 9.78. The number of carbonyl (C=O) groups is 1. The van der Waals surface area contributed by atoms with Gasteiger partial charge in [0.15, 0.2) is 0 Å². The Morgan fingerprint density at radius 1 is 1.43 bits per heavy atom. The topological polar surface area (TPSA) is 44.8 Å². The number of esters is 1. The van der Waals surface area contributed by atoms with Crippen molar-refractivity contribution in [1.29, 1.82) is 0 Å². The third kappa shape index (κ3) is 3.58. The van der Waals surface area contributed by atoms with Gasteiger partial charge in [-0.15, -0.1) is 0 Å². The van der Waals surface area contributed by atoms with Gasteiger partial charge in [-0.1, -0.05) is 0 Å². The fourth-order valence-corrected chi connectivity index (χ4v) is 3.86. The van der Waals surface area contributed by atoms with Gasteiger partial charge in [0.1, 0.15) is 5.54 Å². The summed E-state index contributed by atoms with van der Waals surface area (Å²) in [5.74, 6) is -0.0689. The minimum atomic E-state index is -0.477. The van der Waals surface area contributed by atoms with Crippen LogP contribution in [0.4, 0.5) is 0 Å². The molecular weight excluding hydrogens is 266 g/mol. The molecule has 0 aromatic heterocycles. The fraction of sp³-hybridized carbons (Fsp3) is 0.938. The molecule has 1 N–H and O–H groups in total. The quantitative estimate of drug-likeness (QED) is 0.770. The summed E-state index contributed by atoms with van der Waals surface area (Å²) in [6.07, 6.45) is 5.29. The molecule has 0 bridgehead atoms. The molecular formula is C16H31N3O2. The van der Waals surface area contributed by atoms with Crippen LogP contribution in [0.1, 0.15) is 39.0 Å². The number of nitrogens with zero attached hydrogens (tertiary/aromatic N) is 2. The Kier molecular flexibility index (Phi) is 5.63. The van der Waals surface area contributed by atoms with E-state index in [1.807, 2.05) is 14.0 Å². The van der Waals surface area contributed by atoms with Crippen LogP contribution in [0.15, 0.2) is 0 Å². The number of hydrogen-bond donors (Lipinski definition) is 1.